The van der Waals surface area contributed by atoms with Gasteiger partial charge in [-0.25, -0.2) is 4.79 Å². The van der Waals surface area contributed by atoms with Crippen LogP contribution in [0.15, 0.2) is 24.5 Å². The quantitative estimate of drug-likeness (QED) is 0.848. The van der Waals surface area contributed by atoms with Gasteiger partial charge in [0, 0.05) is 18.3 Å². The van der Waals surface area contributed by atoms with Crippen LogP contribution in [0.3, 0.4) is 0 Å². The minimum Gasteiger partial charge on any atom is -0.444 e. The van der Waals surface area contributed by atoms with E-state index in [1.807, 2.05) is 6.07 Å². The molecule has 2 atom stereocenters. The fourth-order valence-corrected chi connectivity index (χ4v) is 1.59. The molecule has 1 amide bonds. The van der Waals surface area contributed by atoms with Gasteiger partial charge in [0.05, 0.1) is 6.04 Å². The molecule has 1 rings (SSSR count). The van der Waals surface area contributed by atoms with Crippen LogP contribution < -0.4 is 5.32 Å². The number of carbonyl (C=O) groups excluding carboxylic acids is 2. The van der Waals surface area contributed by atoms with Crippen LogP contribution in [0.1, 0.15) is 39.3 Å². The number of nitrogens with one attached hydrogen (secondary N) is 1. The first kappa shape index (κ1) is 15.1. The Kier molecular flexibility index (Phi) is 5.03. The van der Waals surface area contributed by atoms with Crippen molar-refractivity contribution in [2.24, 2.45) is 5.92 Å². The molecule has 0 aliphatic heterocycles. The molecule has 0 unspecified atom stereocenters. The maximum Gasteiger partial charge on any atom is 0.408 e. The summed E-state index contributed by atoms with van der Waals surface area (Å²) in [7, 11) is 0. The van der Waals surface area contributed by atoms with Crippen molar-refractivity contribution < 1.29 is 14.3 Å². The lowest BCUT2D eigenvalue weighted by atomic mass is 9.97. The van der Waals surface area contributed by atoms with Crippen molar-refractivity contribution in [1.82, 2.24) is 10.3 Å². The van der Waals surface area contributed by atoms with E-state index in [1.54, 1.807) is 46.2 Å². The lowest BCUT2D eigenvalue weighted by Gasteiger charge is -2.25. The Balaban J connectivity index is 2.82. The molecule has 1 aromatic rings. The summed E-state index contributed by atoms with van der Waals surface area (Å²) in [5, 5.41) is 2.71. The zero-order valence-electron chi connectivity index (χ0n) is 11.7. The van der Waals surface area contributed by atoms with Gasteiger partial charge in [-0.1, -0.05) is 13.0 Å². The van der Waals surface area contributed by atoms with Gasteiger partial charge in [0.1, 0.15) is 11.9 Å². The van der Waals surface area contributed by atoms with E-state index >= 15 is 0 Å². The van der Waals surface area contributed by atoms with E-state index in [2.05, 4.69) is 10.3 Å². The number of hydrogen-bond donors (Lipinski definition) is 1. The third-order valence-corrected chi connectivity index (χ3v) is 2.46. The minimum atomic E-state index is -0.575. The van der Waals surface area contributed by atoms with Crippen molar-refractivity contribution in [2.75, 3.05) is 0 Å². The summed E-state index contributed by atoms with van der Waals surface area (Å²) in [6, 6.07) is 3.13. The molecule has 0 saturated heterocycles. The van der Waals surface area contributed by atoms with Crippen LogP contribution in [-0.4, -0.2) is 23.0 Å². The van der Waals surface area contributed by atoms with Gasteiger partial charge in [-0.2, -0.15) is 0 Å². The molecule has 1 aromatic heterocycles. The molecule has 5 nitrogen and oxygen atoms in total. The van der Waals surface area contributed by atoms with Crippen LogP contribution in [0.25, 0.3) is 0 Å². The summed E-state index contributed by atoms with van der Waals surface area (Å²) in [4.78, 5) is 26.8. The highest BCUT2D eigenvalue weighted by Gasteiger charge is 2.24. The van der Waals surface area contributed by atoms with Gasteiger partial charge in [-0.3, -0.25) is 4.98 Å². The summed E-state index contributed by atoms with van der Waals surface area (Å²) < 4.78 is 5.20. The number of aldehydes is 1. The fraction of sp³-hybridized carbons (Fsp3) is 0.500. The third-order valence-electron chi connectivity index (χ3n) is 2.46. The van der Waals surface area contributed by atoms with Gasteiger partial charge >= 0.3 is 6.09 Å². The van der Waals surface area contributed by atoms with Crippen LogP contribution in [-0.2, 0) is 9.53 Å². The minimum absolute atomic E-state index is 0.364. The molecule has 1 N–H and O–H groups in total. The summed E-state index contributed by atoms with van der Waals surface area (Å²) in [6.07, 6.45) is 3.52. The van der Waals surface area contributed by atoms with E-state index in [-0.39, 0.29) is 5.92 Å². The molecule has 0 bridgehead atoms. The number of alkyl carbamates (subject to hydrolysis) is 1. The second kappa shape index (κ2) is 6.31. The van der Waals surface area contributed by atoms with Crippen molar-refractivity contribution in [3.63, 3.8) is 0 Å². The summed E-state index contributed by atoms with van der Waals surface area (Å²) in [5.41, 5.74) is 0.196. The number of amides is 1. The van der Waals surface area contributed by atoms with Crippen LogP contribution in [0.5, 0.6) is 0 Å². The molecule has 5 heteroatoms. The molecule has 0 saturated carbocycles. The van der Waals surface area contributed by atoms with Gasteiger partial charge < -0.3 is 14.8 Å². The lowest BCUT2D eigenvalue weighted by molar-refractivity contribution is -0.111. The number of carbonyl (C=O) groups is 2. The average molecular weight is 264 g/mol. The number of aromatic nitrogens is 1. The smallest absolute Gasteiger partial charge is 0.408 e. The molecule has 104 valence electrons. The number of hydrogen-bond acceptors (Lipinski definition) is 4. The number of nitrogens with zero attached hydrogens (tertiary/aromatic N) is 1. The van der Waals surface area contributed by atoms with Gasteiger partial charge in [-0.05, 0) is 32.4 Å². The van der Waals surface area contributed by atoms with Crippen LogP contribution >= 0.6 is 0 Å². The number of rotatable bonds is 4. The molecule has 0 aliphatic rings. The Morgan fingerprint density at radius 2 is 2.16 bits per heavy atom. The van der Waals surface area contributed by atoms with E-state index < -0.39 is 17.7 Å². The average Bonchev–Trinajstić information content (AvgIpc) is 2.34. The molecular weight excluding hydrogens is 244 g/mol. The lowest BCUT2D eigenvalue weighted by Crippen LogP contribution is -2.37. The predicted molar refractivity (Wildman–Crippen MR) is 71.6 cm³/mol. The molecule has 1 heterocycles. The highest BCUT2D eigenvalue weighted by molar-refractivity contribution is 5.69. The Hall–Kier alpha value is -1.91. The largest absolute Gasteiger partial charge is 0.444 e. The van der Waals surface area contributed by atoms with E-state index in [4.69, 9.17) is 4.74 Å². The van der Waals surface area contributed by atoms with Gasteiger partial charge in [-0.15, -0.1) is 0 Å². The highest BCUT2D eigenvalue weighted by Crippen LogP contribution is 2.20. The van der Waals surface area contributed by atoms with Crippen LogP contribution in [0, 0.1) is 5.92 Å². The van der Waals surface area contributed by atoms with E-state index in [0.29, 0.717) is 0 Å². The Bertz CT molecular complexity index is 426. The van der Waals surface area contributed by atoms with E-state index in [9.17, 15) is 9.59 Å². The highest BCUT2D eigenvalue weighted by atomic mass is 16.6. The monoisotopic (exact) mass is 264 g/mol. The van der Waals surface area contributed by atoms with E-state index in [0.717, 1.165) is 11.8 Å². The Labute approximate surface area is 113 Å². The van der Waals surface area contributed by atoms with Gasteiger partial charge in [0.2, 0.25) is 0 Å². The maximum atomic E-state index is 11.8. The van der Waals surface area contributed by atoms with Crippen LogP contribution in [0.2, 0.25) is 0 Å². The van der Waals surface area contributed by atoms with Crippen molar-refractivity contribution in [2.45, 2.75) is 39.3 Å². The fourth-order valence-electron chi connectivity index (χ4n) is 1.59. The van der Waals surface area contributed by atoms with Gasteiger partial charge in [0.25, 0.3) is 0 Å². The zero-order chi connectivity index (χ0) is 14.5. The molecule has 0 aromatic carbocycles. The van der Waals surface area contributed by atoms with Gasteiger partial charge in [0.15, 0.2) is 0 Å². The van der Waals surface area contributed by atoms with Crippen molar-refractivity contribution in [3.05, 3.63) is 30.1 Å². The zero-order valence-corrected chi connectivity index (χ0v) is 11.7. The molecule has 0 spiro atoms. The van der Waals surface area contributed by atoms with Crippen LogP contribution in [0.4, 0.5) is 4.79 Å². The molecule has 0 fully saturated rings. The normalized spacial score (nSPS) is 14.3. The number of ether oxygens (including phenoxy) is 1. The molecule has 0 aliphatic carbocycles. The first-order valence-corrected chi connectivity index (χ1v) is 6.18. The molecular formula is C14H20N2O3. The second-order valence-corrected chi connectivity index (χ2v) is 5.41. The van der Waals surface area contributed by atoms with Crippen molar-refractivity contribution in [3.8, 4) is 0 Å². The number of pyridine rings is 1. The third kappa shape index (κ3) is 5.07. The Morgan fingerprint density at radius 1 is 1.47 bits per heavy atom. The Morgan fingerprint density at radius 3 is 2.63 bits per heavy atom. The maximum absolute atomic E-state index is 11.8. The molecule has 19 heavy (non-hydrogen) atoms. The first-order chi connectivity index (χ1) is 8.83. The van der Waals surface area contributed by atoms with Crippen molar-refractivity contribution in [1.29, 1.82) is 0 Å². The predicted octanol–water partition coefficient (Wildman–Crippen LogP) is 2.48. The standard InChI is InChI=1S/C14H20N2O3/c1-10(9-17)12(11-6-5-7-15-8-11)16-13(18)19-14(2,3)4/h5-10,12H,1-4H3,(H,16,18)/t10-,12+/m1/s1. The van der Waals surface area contributed by atoms with E-state index in [1.165, 1.54) is 0 Å². The topological polar surface area (TPSA) is 68.3 Å². The summed E-state index contributed by atoms with van der Waals surface area (Å²) in [5.74, 6) is -0.364. The SMILES string of the molecule is C[C@H](C=O)[C@H](NC(=O)OC(C)(C)C)c1cccnc1. The summed E-state index contributed by atoms with van der Waals surface area (Å²) >= 11 is 0. The summed E-state index contributed by atoms with van der Waals surface area (Å²) in [6.45, 7) is 7.10. The molecule has 0 radical (unpaired) electrons. The first-order valence-electron chi connectivity index (χ1n) is 6.18. The second-order valence-electron chi connectivity index (χ2n) is 5.41. The van der Waals surface area contributed by atoms with Crippen molar-refractivity contribution >= 4 is 12.4 Å².